The zero-order chi connectivity index (χ0) is 17.8. The van der Waals surface area contributed by atoms with E-state index < -0.39 is 10.8 Å². The minimum atomic E-state index is -0.949. The van der Waals surface area contributed by atoms with Gasteiger partial charge in [-0.15, -0.1) is 0 Å². The van der Waals surface area contributed by atoms with Crippen molar-refractivity contribution in [1.29, 1.82) is 0 Å². The number of carbonyl (C=O) groups is 2. The SMILES string of the molecule is CS(=O)Cc1cccc(C(=O)Nc2ccc(NC(=O)C3CC3)cc2)c1. The van der Waals surface area contributed by atoms with E-state index in [0.717, 1.165) is 24.1 Å². The predicted octanol–water partition coefficient (Wildman–Crippen LogP) is 3.17. The molecule has 0 bridgehead atoms. The average Bonchev–Trinajstić information content (AvgIpc) is 3.41. The first-order chi connectivity index (χ1) is 12.0. The summed E-state index contributed by atoms with van der Waals surface area (Å²) in [7, 11) is -0.949. The van der Waals surface area contributed by atoms with Crippen LogP contribution in [-0.2, 0) is 21.3 Å². The van der Waals surface area contributed by atoms with Crippen LogP contribution in [-0.4, -0.2) is 22.3 Å². The Balaban J connectivity index is 1.62. The molecule has 2 aromatic carbocycles. The van der Waals surface area contributed by atoms with Gasteiger partial charge in [0.15, 0.2) is 0 Å². The Morgan fingerprint density at radius 2 is 1.68 bits per heavy atom. The van der Waals surface area contributed by atoms with Gasteiger partial charge in [-0.05, 0) is 54.8 Å². The average molecular weight is 356 g/mol. The largest absolute Gasteiger partial charge is 0.326 e. The molecule has 2 amide bonds. The van der Waals surface area contributed by atoms with Crippen molar-refractivity contribution >= 4 is 34.0 Å². The summed E-state index contributed by atoms with van der Waals surface area (Å²) in [6.07, 6.45) is 3.56. The van der Waals surface area contributed by atoms with Crippen molar-refractivity contribution in [3.05, 3.63) is 59.7 Å². The second-order valence-electron chi connectivity index (χ2n) is 6.21. The van der Waals surface area contributed by atoms with Crippen LogP contribution in [0.4, 0.5) is 11.4 Å². The van der Waals surface area contributed by atoms with Crippen LogP contribution in [0.2, 0.25) is 0 Å². The van der Waals surface area contributed by atoms with Crippen LogP contribution in [0.5, 0.6) is 0 Å². The number of hydrogen-bond donors (Lipinski definition) is 2. The first kappa shape index (κ1) is 17.4. The maximum Gasteiger partial charge on any atom is 0.255 e. The third-order valence-corrected chi connectivity index (χ3v) is 4.66. The van der Waals surface area contributed by atoms with Crippen molar-refractivity contribution in [2.24, 2.45) is 5.92 Å². The van der Waals surface area contributed by atoms with Gasteiger partial charge in [-0.3, -0.25) is 13.8 Å². The van der Waals surface area contributed by atoms with Crippen LogP contribution in [0.15, 0.2) is 48.5 Å². The third-order valence-electron chi connectivity index (χ3n) is 3.92. The number of carbonyl (C=O) groups excluding carboxylic acids is 2. The molecule has 0 saturated heterocycles. The predicted molar refractivity (Wildman–Crippen MR) is 100.0 cm³/mol. The zero-order valence-electron chi connectivity index (χ0n) is 14.0. The molecule has 25 heavy (non-hydrogen) atoms. The van der Waals surface area contributed by atoms with E-state index >= 15 is 0 Å². The highest BCUT2D eigenvalue weighted by molar-refractivity contribution is 7.83. The normalized spacial score (nSPS) is 14.6. The summed E-state index contributed by atoms with van der Waals surface area (Å²) in [6.45, 7) is 0. The molecule has 6 heteroatoms. The second-order valence-corrected chi connectivity index (χ2v) is 7.65. The van der Waals surface area contributed by atoms with Gasteiger partial charge in [0.1, 0.15) is 0 Å². The van der Waals surface area contributed by atoms with E-state index in [4.69, 9.17) is 0 Å². The highest BCUT2D eigenvalue weighted by atomic mass is 32.2. The number of amides is 2. The lowest BCUT2D eigenvalue weighted by Gasteiger charge is -2.08. The Morgan fingerprint density at radius 3 is 2.28 bits per heavy atom. The summed E-state index contributed by atoms with van der Waals surface area (Å²) in [4.78, 5) is 24.1. The lowest BCUT2D eigenvalue weighted by Crippen LogP contribution is -2.14. The molecule has 0 aliphatic heterocycles. The molecule has 1 unspecified atom stereocenters. The number of rotatable bonds is 6. The van der Waals surface area contributed by atoms with Gasteiger partial charge in [0.05, 0.1) is 0 Å². The minimum absolute atomic E-state index is 0.0573. The van der Waals surface area contributed by atoms with Gasteiger partial charge in [0.25, 0.3) is 5.91 Å². The lowest BCUT2D eigenvalue weighted by atomic mass is 10.1. The molecular weight excluding hydrogens is 336 g/mol. The monoisotopic (exact) mass is 356 g/mol. The van der Waals surface area contributed by atoms with Crippen LogP contribution in [0, 0.1) is 5.92 Å². The molecule has 1 aliphatic carbocycles. The second kappa shape index (κ2) is 7.61. The van der Waals surface area contributed by atoms with E-state index in [9.17, 15) is 13.8 Å². The summed E-state index contributed by atoms with van der Waals surface area (Å²) in [5, 5.41) is 5.69. The van der Waals surface area contributed by atoms with Crippen molar-refractivity contribution < 1.29 is 13.8 Å². The maximum absolute atomic E-state index is 12.4. The van der Waals surface area contributed by atoms with Crippen LogP contribution in [0.25, 0.3) is 0 Å². The standard InChI is InChI=1S/C19H20N2O3S/c1-25(24)12-13-3-2-4-15(11-13)19(23)21-17-9-7-16(8-10-17)20-18(22)14-5-6-14/h2-4,7-11,14H,5-6,12H2,1H3,(H,20,22)(H,21,23). The molecule has 5 nitrogen and oxygen atoms in total. The molecule has 1 fully saturated rings. The summed E-state index contributed by atoms with van der Waals surface area (Å²) >= 11 is 0. The van der Waals surface area contributed by atoms with E-state index in [2.05, 4.69) is 10.6 Å². The van der Waals surface area contributed by atoms with Crippen molar-refractivity contribution in [3.8, 4) is 0 Å². The van der Waals surface area contributed by atoms with Crippen molar-refractivity contribution in [2.45, 2.75) is 18.6 Å². The van der Waals surface area contributed by atoms with Gasteiger partial charge >= 0.3 is 0 Å². The van der Waals surface area contributed by atoms with Crippen LogP contribution >= 0.6 is 0 Å². The molecule has 0 spiro atoms. The number of nitrogens with one attached hydrogen (secondary N) is 2. The summed E-state index contributed by atoms with van der Waals surface area (Å²) in [5.41, 5.74) is 2.77. The van der Waals surface area contributed by atoms with Crippen molar-refractivity contribution in [3.63, 3.8) is 0 Å². The minimum Gasteiger partial charge on any atom is -0.326 e. The molecular formula is C19H20N2O3S. The number of hydrogen-bond acceptors (Lipinski definition) is 3. The highest BCUT2D eigenvalue weighted by Crippen LogP contribution is 2.30. The van der Waals surface area contributed by atoms with E-state index in [-0.39, 0.29) is 17.7 Å². The van der Waals surface area contributed by atoms with Gasteiger partial charge < -0.3 is 10.6 Å². The Bertz CT molecular complexity index is 814. The molecule has 2 N–H and O–H groups in total. The summed E-state index contributed by atoms with van der Waals surface area (Å²) in [5.74, 6) is 0.417. The molecule has 0 heterocycles. The van der Waals surface area contributed by atoms with E-state index in [1.54, 1.807) is 48.7 Å². The van der Waals surface area contributed by atoms with E-state index in [1.807, 2.05) is 6.07 Å². The first-order valence-electron chi connectivity index (χ1n) is 8.12. The lowest BCUT2D eigenvalue weighted by molar-refractivity contribution is -0.117. The topological polar surface area (TPSA) is 75.3 Å². The van der Waals surface area contributed by atoms with Gasteiger partial charge in [-0.25, -0.2) is 0 Å². The molecule has 3 rings (SSSR count). The van der Waals surface area contributed by atoms with Gasteiger partial charge in [0.2, 0.25) is 5.91 Å². The molecule has 0 aromatic heterocycles. The molecule has 1 saturated carbocycles. The van der Waals surface area contributed by atoms with E-state index in [0.29, 0.717) is 17.0 Å². The van der Waals surface area contributed by atoms with E-state index in [1.165, 1.54) is 0 Å². The Labute approximate surface area is 149 Å². The van der Waals surface area contributed by atoms with Crippen LogP contribution in [0.1, 0.15) is 28.8 Å². The molecule has 1 aliphatic rings. The first-order valence-corrected chi connectivity index (χ1v) is 9.85. The van der Waals surface area contributed by atoms with Gasteiger partial charge in [0, 0.05) is 45.7 Å². The van der Waals surface area contributed by atoms with Gasteiger partial charge in [-0.2, -0.15) is 0 Å². The van der Waals surface area contributed by atoms with Crippen molar-refractivity contribution in [2.75, 3.05) is 16.9 Å². The summed E-state index contributed by atoms with van der Waals surface area (Å²) in [6, 6.07) is 14.2. The summed E-state index contributed by atoms with van der Waals surface area (Å²) < 4.78 is 11.3. The molecule has 0 radical (unpaired) electrons. The number of anilines is 2. The third kappa shape index (κ3) is 5.00. The molecule has 130 valence electrons. The van der Waals surface area contributed by atoms with Crippen molar-refractivity contribution in [1.82, 2.24) is 0 Å². The van der Waals surface area contributed by atoms with Crippen LogP contribution in [0.3, 0.4) is 0 Å². The van der Waals surface area contributed by atoms with Crippen LogP contribution < -0.4 is 10.6 Å². The Morgan fingerprint density at radius 1 is 1.04 bits per heavy atom. The quantitative estimate of drug-likeness (QED) is 0.835. The Kier molecular flexibility index (Phi) is 5.28. The zero-order valence-corrected chi connectivity index (χ0v) is 14.8. The molecule has 2 aromatic rings. The fourth-order valence-corrected chi connectivity index (χ4v) is 3.12. The Hall–Kier alpha value is -2.47. The number of benzene rings is 2. The van der Waals surface area contributed by atoms with Gasteiger partial charge in [-0.1, -0.05) is 12.1 Å². The fourth-order valence-electron chi connectivity index (χ4n) is 2.47. The molecule has 1 atom stereocenters. The highest BCUT2D eigenvalue weighted by Gasteiger charge is 2.29. The fraction of sp³-hybridized carbons (Fsp3) is 0.263. The smallest absolute Gasteiger partial charge is 0.255 e. The maximum atomic E-state index is 12.4.